The number of hydrogen-bond acceptors (Lipinski definition) is 18. The maximum absolute atomic E-state index is 13.8. The SMILES string of the molecule is CCC1OC(=O)C[C@@H](O)[C@H](C)C(O[C@@H]2O[C@H](C)[C@@H](O[C@H]3C[C@@](C)(O)[C@@H](O)[C@H](C)O3)[C@H](N(C)C)[C@H]2O)[C@@H](CCO)C[C@@H](C)C(=O)/C=C\C(C)=C\[C@@H]1CO[C@@H]1O[C@H](C)[C@@H](O)[C@@H](OC)[C@H]1OC. The molecule has 18 heteroatoms. The fourth-order valence-electron chi connectivity index (χ4n) is 9.60. The van der Waals surface area contributed by atoms with E-state index in [2.05, 4.69) is 0 Å². The Bertz CT molecular complexity index is 1530. The van der Waals surface area contributed by atoms with Crippen LogP contribution in [0.25, 0.3) is 0 Å². The highest BCUT2D eigenvalue weighted by molar-refractivity contribution is 5.91. The first kappa shape index (κ1) is 54.6. The predicted molar refractivity (Wildman–Crippen MR) is 231 cm³/mol. The van der Waals surface area contributed by atoms with Gasteiger partial charge in [-0.25, -0.2) is 0 Å². The standard InChI is InChI=1S/C46H79NO17/c1-13-33-30(22-58-45-42(57-12)41(56-11)37(52)26(5)60-45)18-23(2)14-15-31(49)24(3)19-29(16-17-48)39(25(4)32(50)20-34(51)62-33)64-44-38(53)36(47(9)10)40(27(6)61-44)63-35-21-46(8,55)43(54)28(7)59-35/h14-15,18,24-30,32-33,35-45,48,50,52-55H,13,16-17,19-22H2,1-12H3/b15-14-,23-18+/t24-,25+,26-,27-,28+,29+,30-,32-,33?,35+,36-,37-,38-,39?,40-,41-,42-,43+,44+,45-,46-/m1/s1. The second-order valence-electron chi connectivity index (χ2n) is 18.9. The van der Waals surface area contributed by atoms with Crippen LogP contribution in [0.5, 0.6) is 0 Å². The van der Waals surface area contributed by atoms with Crippen LogP contribution in [-0.4, -0.2) is 193 Å². The molecule has 0 bridgehead atoms. The molecule has 6 N–H and O–H groups in total. The third-order valence-electron chi connectivity index (χ3n) is 13.5. The normalized spacial score (nSPS) is 46.0. The Morgan fingerprint density at radius 2 is 1.50 bits per heavy atom. The number of ketones is 1. The van der Waals surface area contributed by atoms with Gasteiger partial charge in [-0.05, 0) is 80.0 Å². The highest BCUT2D eigenvalue weighted by atomic mass is 16.7. The van der Waals surface area contributed by atoms with Gasteiger partial charge in [-0.3, -0.25) is 9.59 Å². The molecule has 0 aromatic rings. The Morgan fingerprint density at radius 3 is 2.09 bits per heavy atom. The molecule has 4 rings (SSSR count). The van der Waals surface area contributed by atoms with E-state index < -0.39 is 140 Å². The molecule has 2 unspecified atom stereocenters. The molecule has 4 heterocycles. The van der Waals surface area contributed by atoms with Crippen molar-refractivity contribution in [2.24, 2.45) is 23.7 Å². The molecular formula is C46H79NO17. The van der Waals surface area contributed by atoms with Crippen LogP contribution in [0.4, 0.5) is 0 Å². The number of carbonyl (C=O) groups is 2. The third kappa shape index (κ3) is 13.6. The molecule has 0 amide bonds. The quantitative estimate of drug-likeness (QED) is 0.144. The Kier molecular flexibility index (Phi) is 20.8. The summed E-state index contributed by atoms with van der Waals surface area (Å²) in [6.45, 7) is 13.5. The maximum Gasteiger partial charge on any atom is 0.308 e. The number of nitrogens with zero attached hydrogens (tertiary/aromatic N) is 1. The fourth-order valence-corrected chi connectivity index (χ4v) is 9.60. The van der Waals surface area contributed by atoms with E-state index in [-0.39, 0.29) is 38.3 Å². The number of hydrogen-bond donors (Lipinski definition) is 6. The molecule has 0 aromatic carbocycles. The molecule has 3 saturated heterocycles. The first-order valence-electron chi connectivity index (χ1n) is 22.8. The van der Waals surface area contributed by atoms with E-state index in [4.69, 9.17) is 42.6 Å². The van der Waals surface area contributed by atoms with Crippen molar-refractivity contribution in [3.63, 3.8) is 0 Å². The number of ether oxygens (including phenoxy) is 9. The Hall–Kier alpha value is -1.98. The first-order valence-corrected chi connectivity index (χ1v) is 22.8. The molecule has 4 aliphatic heterocycles. The monoisotopic (exact) mass is 918 g/mol. The van der Waals surface area contributed by atoms with Crippen LogP contribution in [0.1, 0.15) is 87.5 Å². The van der Waals surface area contributed by atoms with Gasteiger partial charge in [0.25, 0.3) is 0 Å². The summed E-state index contributed by atoms with van der Waals surface area (Å²) in [5.41, 5.74) is -0.782. The summed E-state index contributed by atoms with van der Waals surface area (Å²) in [4.78, 5) is 29.3. The number of aliphatic hydroxyl groups is 6. The van der Waals surface area contributed by atoms with Crippen LogP contribution in [-0.2, 0) is 52.2 Å². The number of allylic oxidation sites excluding steroid dienone is 3. The minimum atomic E-state index is -1.48. The Morgan fingerprint density at radius 1 is 0.844 bits per heavy atom. The largest absolute Gasteiger partial charge is 0.462 e. The molecule has 0 spiro atoms. The van der Waals surface area contributed by atoms with Crippen molar-refractivity contribution < 1.29 is 82.9 Å². The summed E-state index contributed by atoms with van der Waals surface area (Å²) in [5.74, 6) is -3.31. The average Bonchev–Trinajstić information content (AvgIpc) is 3.23. The summed E-state index contributed by atoms with van der Waals surface area (Å²) in [5, 5.41) is 66.2. The molecule has 64 heavy (non-hydrogen) atoms. The summed E-state index contributed by atoms with van der Waals surface area (Å²) >= 11 is 0. The predicted octanol–water partition coefficient (Wildman–Crippen LogP) is 1.63. The zero-order chi connectivity index (χ0) is 47.8. The van der Waals surface area contributed by atoms with Crippen LogP contribution in [0.2, 0.25) is 0 Å². The molecule has 0 saturated carbocycles. The summed E-state index contributed by atoms with van der Waals surface area (Å²) in [7, 11) is 6.47. The highest BCUT2D eigenvalue weighted by Gasteiger charge is 2.52. The number of rotatable bonds is 13. The fraction of sp³-hybridized carbons (Fsp3) is 0.870. The zero-order valence-electron chi connectivity index (χ0n) is 39.9. The Labute approximate surface area is 379 Å². The number of carbonyl (C=O) groups excluding carboxylic acids is 2. The van der Waals surface area contributed by atoms with Gasteiger partial charge in [-0.1, -0.05) is 38.5 Å². The lowest BCUT2D eigenvalue weighted by atomic mass is 9.79. The van der Waals surface area contributed by atoms with Gasteiger partial charge in [0.05, 0.1) is 55.2 Å². The van der Waals surface area contributed by atoms with Gasteiger partial charge >= 0.3 is 5.97 Å². The van der Waals surface area contributed by atoms with E-state index in [1.807, 2.05) is 19.9 Å². The van der Waals surface area contributed by atoms with Crippen molar-refractivity contribution in [2.75, 3.05) is 41.5 Å². The summed E-state index contributed by atoms with van der Waals surface area (Å²) < 4.78 is 54.8. The Balaban J connectivity index is 1.62. The number of methoxy groups -OCH3 is 2. The molecule has 0 radical (unpaired) electrons. The van der Waals surface area contributed by atoms with E-state index in [0.29, 0.717) is 12.0 Å². The van der Waals surface area contributed by atoms with E-state index >= 15 is 0 Å². The first-order chi connectivity index (χ1) is 30.1. The molecule has 0 aliphatic carbocycles. The highest BCUT2D eigenvalue weighted by Crippen LogP contribution is 2.38. The smallest absolute Gasteiger partial charge is 0.308 e. The van der Waals surface area contributed by atoms with Crippen LogP contribution in [0, 0.1) is 23.7 Å². The van der Waals surface area contributed by atoms with Crippen LogP contribution < -0.4 is 0 Å². The lowest BCUT2D eigenvalue weighted by molar-refractivity contribution is -0.342. The number of likely N-dealkylation sites (N-methyl/N-ethyl adjacent to an activating group) is 1. The van der Waals surface area contributed by atoms with Crippen molar-refractivity contribution in [3.8, 4) is 0 Å². The zero-order valence-corrected chi connectivity index (χ0v) is 39.9. The number of esters is 1. The minimum Gasteiger partial charge on any atom is -0.462 e. The van der Waals surface area contributed by atoms with Gasteiger partial charge in [0.2, 0.25) is 0 Å². The summed E-state index contributed by atoms with van der Waals surface area (Å²) in [6, 6.07) is -0.728. The third-order valence-corrected chi connectivity index (χ3v) is 13.5. The van der Waals surface area contributed by atoms with Gasteiger partial charge < -0.3 is 78.2 Å². The molecule has 0 aromatic heterocycles. The van der Waals surface area contributed by atoms with E-state index in [1.54, 1.807) is 59.7 Å². The van der Waals surface area contributed by atoms with Crippen LogP contribution >= 0.6 is 0 Å². The van der Waals surface area contributed by atoms with Gasteiger partial charge in [0.15, 0.2) is 24.7 Å². The molecule has 21 atom stereocenters. The van der Waals surface area contributed by atoms with E-state index in [0.717, 1.165) is 0 Å². The molecule has 18 nitrogen and oxygen atoms in total. The van der Waals surface area contributed by atoms with Crippen molar-refractivity contribution in [3.05, 3.63) is 23.8 Å². The van der Waals surface area contributed by atoms with Crippen molar-refractivity contribution in [1.29, 1.82) is 0 Å². The second kappa shape index (κ2) is 24.3. The molecule has 370 valence electrons. The van der Waals surface area contributed by atoms with Gasteiger partial charge in [-0.2, -0.15) is 0 Å². The van der Waals surface area contributed by atoms with E-state index in [1.165, 1.54) is 27.2 Å². The van der Waals surface area contributed by atoms with Gasteiger partial charge in [-0.15, -0.1) is 0 Å². The number of aliphatic hydroxyl groups excluding tert-OH is 5. The van der Waals surface area contributed by atoms with Gasteiger partial charge in [0.1, 0.15) is 42.7 Å². The lowest BCUT2D eigenvalue weighted by Crippen LogP contribution is -2.65. The lowest BCUT2D eigenvalue weighted by Gasteiger charge is -2.50. The van der Waals surface area contributed by atoms with Crippen molar-refractivity contribution in [1.82, 2.24) is 4.90 Å². The molecule has 3 fully saturated rings. The van der Waals surface area contributed by atoms with Crippen molar-refractivity contribution >= 4 is 11.8 Å². The molecule has 4 aliphatic rings. The maximum atomic E-state index is 13.8. The summed E-state index contributed by atoms with van der Waals surface area (Å²) in [6.07, 6.45) is -8.52. The van der Waals surface area contributed by atoms with Crippen molar-refractivity contribution in [2.45, 2.75) is 191 Å². The second-order valence-corrected chi connectivity index (χ2v) is 18.9. The topological polar surface area (TPSA) is 242 Å². The minimum absolute atomic E-state index is 0.00151. The van der Waals surface area contributed by atoms with E-state index in [9.17, 15) is 40.2 Å². The molecular weight excluding hydrogens is 838 g/mol. The van der Waals surface area contributed by atoms with Gasteiger partial charge in [0, 0.05) is 45.0 Å². The average molecular weight is 918 g/mol. The van der Waals surface area contributed by atoms with Crippen LogP contribution in [0.15, 0.2) is 23.8 Å². The number of cyclic esters (lactones) is 1. The van der Waals surface area contributed by atoms with Crippen LogP contribution in [0.3, 0.4) is 0 Å².